The van der Waals surface area contributed by atoms with Gasteiger partial charge in [-0.15, -0.1) is 0 Å². The average molecular weight is 420 g/mol. The molecule has 30 heavy (non-hydrogen) atoms. The van der Waals surface area contributed by atoms with Gasteiger partial charge in [-0.25, -0.2) is 4.79 Å². The first-order valence-corrected chi connectivity index (χ1v) is 9.62. The summed E-state index contributed by atoms with van der Waals surface area (Å²) in [5.74, 6) is -0.500. The third-order valence-electron chi connectivity index (χ3n) is 4.83. The van der Waals surface area contributed by atoms with Gasteiger partial charge in [-0.05, 0) is 37.1 Å². The van der Waals surface area contributed by atoms with Crippen LogP contribution in [-0.4, -0.2) is 42.5 Å². The molecule has 0 unspecified atom stereocenters. The van der Waals surface area contributed by atoms with Crippen LogP contribution in [0.5, 0.6) is 0 Å². The van der Waals surface area contributed by atoms with E-state index in [2.05, 4.69) is 16.0 Å². The van der Waals surface area contributed by atoms with Crippen LogP contribution in [-0.2, 0) is 11.0 Å². The zero-order chi connectivity index (χ0) is 21.6. The second-order valence-corrected chi connectivity index (χ2v) is 7.11. The van der Waals surface area contributed by atoms with Gasteiger partial charge in [0.15, 0.2) is 0 Å². The quantitative estimate of drug-likeness (QED) is 0.686. The van der Waals surface area contributed by atoms with E-state index in [1.165, 1.54) is 18.2 Å². The molecule has 0 saturated carbocycles. The molecule has 3 N–H and O–H groups in total. The van der Waals surface area contributed by atoms with Crippen LogP contribution in [0.4, 0.5) is 29.3 Å². The molecule has 1 saturated heterocycles. The molecule has 2 aromatic rings. The van der Waals surface area contributed by atoms with E-state index in [4.69, 9.17) is 0 Å². The second kappa shape index (κ2) is 9.62. The van der Waals surface area contributed by atoms with Crippen molar-refractivity contribution >= 4 is 23.3 Å². The molecule has 0 atom stereocenters. The third-order valence-corrected chi connectivity index (χ3v) is 4.83. The van der Waals surface area contributed by atoms with Crippen LogP contribution >= 0.6 is 0 Å². The van der Waals surface area contributed by atoms with E-state index in [1.807, 2.05) is 23.1 Å². The van der Waals surface area contributed by atoms with E-state index in [-0.39, 0.29) is 24.3 Å². The predicted octanol–water partition coefficient (Wildman–Crippen LogP) is 3.93. The number of hydrogen-bond acceptors (Lipinski definition) is 3. The molecule has 6 nitrogen and oxygen atoms in total. The summed E-state index contributed by atoms with van der Waals surface area (Å²) in [7, 11) is 0. The Morgan fingerprint density at radius 3 is 2.23 bits per heavy atom. The molecular weight excluding hydrogens is 397 g/mol. The molecule has 2 aromatic carbocycles. The van der Waals surface area contributed by atoms with Gasteiger partial charge in [-0.2, -0.15) is 13.2 Å². The molecule has 0 aliphatic carbocycles. The van der Waals surface area contributed by atoms with Gasteiger partial charge >= 0.3 is 12.2 Å². The fraction of sp³-hybridized carbons (Fsp3) is 0.333. The number of amides is 3. The number of carbonyl (C=O) groups excluding carboxylic acids is 2. The van der Waals surface area contributed by atoms with Crippen molar-refractivity contribution in [3.8, 4) is 0 Å². The first-order valence-electron chi connectivity index (χ1n) is 9.62. The van der Waals surface area contributed by atoms with Crippen molar-refractivity contribution in [3.63, 3.8) is 0 Å². The minimum Gasteiger partial charge on any atom is -0.335 e. The van der Waals surface area contributed by atoms with E-state index in [9.17, 15) is 22.8 Å². The number of carbonyl (C=O) groups is 2. The van der Waals surface area contributed by atoms with Crippen LogP contribution in [0.25, 0.3) is 0 Å². The second-order valence-electron chi connectivity index (χ2n) is 7.11. The van der Waals surface area contributed by atoms with Crippen molar-refractivity contribution in [2.24, 2.45) is 0 Å². The summed E-state index contributed by atoms with van der Waals surface area (Å²) in [5.41, 5.74) is -0.418. The first-order chi connectivity index (χ1) is 14.3. The van der Waals surface area contributed by atoms with Gasteiger partial charge in [0.05, 0.1) is 17.8 Å². The van der Waals surface area contributed by atoms with Crippen LogP contribution in [0.1, 0.15) is 18.4 Å². The van der Waals surface area contributed by atoms with Crippen LogP contribution in [0.2, 0.25) is 0 Å². The first kappa shape index (κ1) is 21.6. The Labute approximate surface area is 172 Å². The minimum atomic E-state index is -4.53. The number of alkyl halides is 3. The van der Waals surface area contributed by atoms with Crippen LogP contribution in [0.3, 0.4) is 0 Å². The Balaban J connectivity index is 1.44. The summed E-state index contributed by atoms with van der Waals surface area (Å²) >= 11 is 0. The fourth-order valence-electron chi connectivity index (χ4n) is 3.34. The number of piperidine rings is 1. The number of nitrogens with one attached hydrogen (secondary N) is 3. The van der Waals surface area contributed by atoms with E-state index < -0.39 is 17.6 Å². The van der Waals surface area contributed by atoms with Crippen molar-refractivity contribution in [2.45, 2.75) is 25.1 Å². The van der Waals surface area contributed by atoms with Gasteiger partial charge in [0.2, 0.25) is 5.91 Å². The van der Waals surface area contributed by atoms with Crippen molar-refractivity contribution in [2.75, 3.05) is 30.3 Å². The molecular formula is C21H23F3N4O2. The number of urea groups is 1. The highest BCUT2D eigenvalue weighted by Gasteiger charge is 2.33. The molecule has 0 spiro atoms. The molecule has 3 amide bonds. The molecule has 0 radical (unpaired) electrons. The van der Waals surface area contributed by atoms with Gasteiger partial charge in [-0.3, -0.25) is 9.69 Å². The number of hydrogen-bond donors (Lipinski definition) is 3. The Morgan fingerprint density at radius 1 is 0.933 bits per heavy atom. The van der Waals surface area contributed by atoms with E-state index in [1.54, 1.807) is 12.1 Å². The zero-order valence-electron chi connectivity index (χ0n) is 16.2. The van der Waals surface area contributed by atoms with Gasteiger partial charge < -0.3 is 16.0 Å². The lowest BCUT2D eigenvalue weighted by molar-refractivity contribution is -0.137. The summed E-state index contributed by atoms with van der Waals surface area (Å²) in [6.45, 7) is 1.12. The standard InChI is InChI=1S/C21H23F3N4O2/c22-21(23,24)17-8-4-5-9-18(17)27-19(29)14-28-12-10-16(11-13-28)26-20(30)25-15-6-2-1-3-7-15/h1-9,16H,10-14H2,(H,27,29)(H2,25,26,30). The molecule has 3 rings (SSSR count). The fourth-order valence-corrected chi connectivity index (χ4v) is 3.34. The molecule has 1 aliphatic rings. The average Bonchev–Trinajstić information content (AvgIpc) is 2.70. The lowest BCUT2D eigenvalue weighted by Gasteiger charge is -2.31. The molecule has 9 heteroatoms. The third kappa shape index (κ3) is 6.21. The monoisotopic (exact) mass is 420 g/mol. The lowest BCUT2D eigenvalue weighted by atomic mass is 10.1. The molecule has 1 fully saturated rings. The maximum Gasteiger partial charge on any atom is 0.418 e. The summed E-state index contributed by atoms with van der Waals surface area (Å²) < 4.78 is 39.1. The SMILES string of the molecule is O=C(CN1CCC(NC(=O)Nc2ccccc2)CC1)Nc1ccccc1C(F)(F)F. The van der Waals surface area contributed by atoms with Crippen molar-refractivity contribution in [1.82, 2.24) is 10.2 Å². The molecule has 0 aromatic heterocycles. The summed E-state index contributed by atoms with van der Waals surface area (Å²) in [6.07, 6.45) is -3.24. The predicted molar refractivity (Wildman–Crippen MR) is 108 cm³/mol. The van der Waals surface area contributed by atoms with E-state index in [0.717, 1.165) is 6.07 Å². The van der Waals surface area contributed by atoms with Crippen molar-refractivity contribution in [3.05, 3.63) is 60.2 Å². The molecule has 1 heterocycles. The summed E-state index contributed by atoms with van der Waals surface area (Å²) in [6, 6.07) is 13.7. The largest absolute Gasteiger partial charge is 0.418 e. The topological polar surface area (TPSA) is 73.5 Å². The number of para-hydroxylation sites is 2. The number of halogens is 3. The Kier molecular flexibility index (Phi) is 6.94. The molecule has 1 aliphatic heterocycles. The smallest absolute Gasteiger partial charge is 0.335 e. The number of benzene rings is 2. The van der Waals surface area contributed by atoms with E-state index in [0.29, 0.717) is 31.6 Å². The number of nitrogens with zero attached hydrogens (tertiary/aromatic N) is 1. The van der Waals surface area contributed by atoms with Crippen molar-refractivity contribution in [1.29, 1.82) is 0 Å². The zero-order valence-corrected chi connectivity index (χ0v) is 16.2. The van der Waals surface area contributed by atoms with Crippen LogP contribution in [0, 0.1) is 0 Å². The summed E-state index contributed by atoms with van der Waals surface area (Å²) in [5, 5.41) is 8.02. The van der Waals surface area contributed by atoms with Crippen LogP contribution < -0.4 is 16.0 Å². The maximum absolute atomic E-state index is 13.0. The Hall–Kier alpha value is -3.07. The maximum atomic E-state index is 13.0. The molecule has 160 valence electrons. The Bertz CT molecular complexity index is 866. The van der Waals surface area contributed by atoms with Crippen LogP contribution in [0.15, 0.2) is 54.6 Å². The van der Waals surface area contributed by atoms with E-state index >= 15 is 0 Å². The van der Waals surface area contributed by atoms with Gasteiger partial charge in [-0.1, -0.05) is 30.3 Å². The van der Waals surface area contributed by atoms with Gasteiger partial charge in [0.1, 0.15) is 0 Å². The normalized spacial score (nSPS) is 15.4. The van der Waals surface area contributed by atoms with Gasteiger partial charge in [0, 0.05) is 24.8 Å². The van der Waals surface area contributed by atoms with Crippen molar-refractivity contribution < 1.29 is 22.8 Å². The highest BCUT2D eigenvalue weighted by Crippen LogP contribution is 2.34. The number of likely N-dealkylation sites (tertiary alicyclic amines) is 1. The lowest BCUT2D eigenvalue weighted by Crippen LogP contribution is -2.47. The Morgan fingerprint density at radius 2 is 1.57 bits per heavy atom. The van der Waals surface area contributed by atoms with Gasteiger partial charge in [0.25, 0.3) is 0 Å². The highest BCUT2D eigenvalue weighted by atomic mass is 19.4. The minimum absolute atomic E-state index is 0.00484. The number of rotatable bonds is 5. The highest BCUT2D eigenvalue weighted by molar-refractivity contribution is 5.93. The summed E-state index contributed by atoms with van der Waals surface area (Å²) in [4.78, 5) is 26.1. The molecule has 0 bridgehead atoms. The number of anilines is 2.